The lowest BCUT2D eigenvalue weighted by molar-refractivity contribution is 0.724. The molecule has 3 rings (SSSR count). The molecule has 0 fully saturated rings. The number of hydrogen-bond acceptors (Lipinski definition) is 5. The first-order valence-corrected chi connectivity index (χ1v) is 7.91. The number of hydrogen-bond donors (Lipinski definition) is 1. The van der Waals surface area contributed by atoms with Crippen molar-refractivity contribution >= 4 is 34.4 Å². The molecule has 0 bridgehead atoms. The maximum atomic E-state index is 12.5. The molecule has 112 valence electrons. The predicted molar refractivity (Wildman–Crippen MR) is 91.9 cm³/mol. The summed E-state index contributed by atoms with van der Waals surface area (Å²) < 4.78 is 1.58. The van der Waals surface area contributed by atoms with Crippen LogP contribution in [0.25, 0.3) is 10.9 Å². The molecule has 0 saturated carbocycles. The Morgan fingerprint density at radius 3 is 2.91 bits per heavy atom. The van der Waals surface area contributed by atoms with Gasteiger partial charge < -0.3 is 0 Å². The van der Waals surface area contributed by atoms with E-state index in [1.165, 1.54) is 5.56 Å². The molecule has 1 aromatic carbocycles. The second kappa shape index (κ2) is 6.11. The van der Waals surface area contributed by atoms with Gasteiger partial charge in [-0.25, -0.2) is 10.4 Å². The van der Waals surface area contributed by atoms with Gasteiger partial charge in [-0.15, -0.1) is 11.3 Å². The third-order valence-corrected chi connectivity index (χ3v) is 4.38. The van der Waals surface area contributed by atoms with Crippen molar-refractivity contribution in [3.05, 3.63) is 56.5 Å². The average Bonchev–Trinajstić information content (AvgIpc) is 2.93. The van der Waals surface area contributed by atoms with Crippen molar-refractivity contribution in [1.29, 1.82) is 0 Å². The fourth-order valence-corrected chi connectivity index (χ4v) is 3.00. The lowest BCUT2D eigenvalue weighted by Gasteiger charge is -2.10. The van der Waals surface area contributed by atoms with Gasteiger partial charge in [0, 0.05) is 11.4 Å². The Bertz CT molecular complexity index is 895. The van der Waals surface area contributed by atoms with E-state index in [0.29, 0.717) is 23.4 Å². The standard InChI is InChI=1S/C16H16N4OS/c1-3-20-15(21)12-6-4-5-7-13(12)18-16(20)19-17-10-14-11(2)8-9-22-14/h4-10H,3H2,1-2H3,(H,18,19)/b17-10-. The SMILES string of the molecule is CCn1c(N/N=C\c2sccc2C)nc2ccccc2c1=O. The van der Waals surface area contributed by atoms with Crippen LogP contribution in [0, 0.1) is 6.92 Å². The molecule has 0 aliphatic heterocycles. The molecule has 0 aliphatic carbocycles. The first-order valence-electron chi connectivity index (χ1n) is 7.03. The number of nitrogens with one attached hydrogen (secondary N) is 1. The Morgan fingerprint density at radius 1 is 1.36 bits per heavy atom. The molecule has 2 aromatic heterocycles. The van der Waals surface area contributed by atoms with Crippen molar-refractivity contribution in [2.24, 2.45) is 5.10 Å². The van der Waals surface area contributed by atoms with Gasteiger partial charge in [0.1, 0.15) is 0 Å². The lowest BCUT2D eigenvalue weighted by atomic mass is 10.2. The number of aromatic nitrogens is 2. The van der Waals surface area contributed by atoms with Crippen molar-refractivity contribution in [3.63, 3.8) is 0 Å². The zero-order chi connectivity index (χ0) is 15.5. The van der Waals surface area contributed by atoms with Crippen LogP contribution in [-0.4, -0.2) is 15.8 Å². The van der Waals surface area contributed by atoms with Gasteiger partial charge in [-0.2, -0.15) is 5.10 Å². The van der Waals surface area contributed by atoms with Crippen molar-refractivity contribution in [3.8, 4) is 0 Å². The van der Waals surface area contributed by atoms with E-state index < -0.39 is 0 Å². The maximum absolute atomic E-state index is 12.5. The Balaban J connectivity index is 1.98. The molecule has 0 aliphatic rings. The molecule has 0 saturated heterocycles. The number of benzene rings is 1. The molecule has 0 unspecified atom stereocenters. The lowest BCUT2D eigenvalue weighted by Crippen LogP contribution is -2.23. The highest BCUT2D eigenvalue weighted by Gasteiger charge is 2.08. The molecule has 1 N–H and O–H groups in total. The summed E-state index contributed by atoms with van der Waals surface area (Å²) in [7, 11) is 0. The van der Waals surface area contributed by atoms with Gasteiger partial charge in [-0.05, 0) is 43.0 Å². The van der Waals surface area contributed by atoms with E-state index in [1.807, 2.05) is 43.5 Å². The third kappa shape index (κ3) is 2.65. The van der Waals surface area contributed by atoms with Gasteiger partial charge in [0.25, 0.3) is 5.56 Å². The van der Waals surface area contributed by atoms with Crippen molar-refractivity contribution in [1.82, 2.24) is 9.55 Å². The zero-order valence-electron chi connectivity index (χ0n) is 12.4. The number of anilines is 1. The summed E-state index contributed by atoms with van der Waals surface area (Å²) in [4.78, 5) is 18.0. The van der Waals surface area contributed by atoms with Crippen LogP contribution in [0.4, 0.5) is 5.95 Å². The van der Waals surface area contributed by atoms with Crippen molar-refractivity contribution < 1.29 is 0 Å². The summed E-state index contributed by atoms with van der Waals surface area (Å²) in [6, 6.07) is 9.37. The summed E-state index contributed by atoms with van der Waals surface area (Å²) in [6.45, 7) is 4.48. The fraction of sp³-hybridized carbons (Fsp3) is 0.188. The van der Waals surface area contributed by atoms with Crippen LogP contribution >= 0.6 is 11.3 Å². The highest BCUT2D eigenvalue weighted by atomic mass is 32.1. The smallest absolute Gasteiger partial charge is 0.262 e. The van der Waals surface area contributed by atoms with E-state index in [2.05, 4.69) is 15.5 Å². The van der Waals surface area contributed by atoms with Crippen molar-refractivity contribution in [2.45, 2.75) is 20.4 Å². The van der Waals surface area contributed by atoms with Gasteiger partial charge in [0.2, 0.25) is 5.95 Å². The second-order valence-electron chi connectivity index (χ2n) is 4.84. The first kappa shape index (κ1) is 14.5. The van der Waals surface area contributed by atoms with E-state index in [0.717, 1.165) is 4.88 Å². The average molecular weight is 312 g/mol. The molecule has 0 atom stereocenters. The molecular weight excluding hydrogens is 296 g/mol. The summed E-state index contributed by atoms with van der Waals surface area (Å²) >= 11 is 1.62. The monoisotopic (exact) mass is 312 g/mol. The Hall–Kier alpha value is -2.47. The molecule has 0 radical (unpaired) electrons. The fourth-order valence-electron chi connectivity index (χ4n) is 2.21. The number of thiophene rings is 1. The molecule has 3 aromatic rings. The van der Waals surface area contributed by atoms with E-state index in [1.54, 1.807) is 28.2 Å². The number of hydrazone groups is 1. The van der Waals surface area contributed by atoms with Gasteiger partial charge in [-0.3, -0.25) is 9.36 Å². The molecule has 0 spiro atoms. The van der Waals surface area contributed by atoms with Crippen molar-refractivity contribution in [2.75, 3.05) is 5.43 Å². The van der Waals surface area contributed by atoms with Crippen LogP contribution in [0.3, 0.4) is 0 Å². The zero-order valence-corrected chi connectivity index (χ0v) is 13.2. The number of nitrogens with zero attached hydrogens (tertiary/aromatic N) is 3. The summed E-state index contributed by atoms with van der Waals surface area (Å²) in [5.41, 5.74) is 4.68. The first-order chi connectivity index (χ1) is 10.7. The minimum Gasteiger partial charge on any atom is -0.277 e. The minimum absolute atomic E-state index is 0.0573. The Morgan fingerprint density at radius 2 is 2.18 bits per heavy atom. The Kier molecular flexibility index (Phi) is 4.02. The minimum atomic E-state index is -0.0573. The number of para-hydroxylation sites is 1. The van der Waals surface area contributed by atoms with Crippen LogP contribution in [0.1, 0.15) is 17.4 Å². The summed E-state index contributed by atoms with van der Waals surface area (Å²) in [5.74, 6) is 0.455. The summed E-state index contributed by atoms with van der Waals surface area (Å²) in [5, 5.41) is 6.85. The Labute approximate surface area is 131 Å². The topological polar surface area (TPSA) is 59.3 Å². The highest BCUT2D eigenvalue weighted by Crippen LogP contribution is 2.13. The van der Waals surface area contributed by atoms with Crippen LogP contribution < -0.4 is 11.0 Å². The quantitative estimate of drug-likeness (QED) is 0.594. The summed E-state index contributed by atoms with van der Waals surface area (Å²) in [6.07, 6.45) is 1.75. The predicted octanol–water partition coefficient (Wildman–Crippen LogP) is 3.23. The van der Waals surface area contributed by atoms with Gasteiger partial charge in [-0.1, -0.05) is 12.1 Å². The van der Waals surface area contributed by atoms with E-state index in [4.69, 9.17) is 0 Å². The second-order valence-corrected chi connectivity index (χ2v) is 5.79. The molecule has 6 heteroatoms. The number of aryl methyl sites for hydroxylation is 1. The van der Waals surface area contributed by atoms with Gasteiger partial charge >= 0.3 is 0 Å². The van der Waals surface area contributed by atoms with Crippen LogP contribution in [0.15, 0.2) is 45.6 Å². The molecule has 5 nitrogen and oxygen atoms in total. The molecule has 22 heavy (non-hydrogen) atoms. The highest BCUT2D eigenvalue weighted by molar-refractivity contribution is 7.11. The van der Waals surface area contributed by atoms with Gasteiger partial charge in [0.05, 0.1) is 17.1 Å². The molecular formula is C16H16N4OS. The van der Waals surface area contributed by atoms with Crippen LogP contribution in [0.5, 0.6) is 0 Å². The number of fused-ring (bicyclic) bond motifs is 1. The van der Waals surface area contributed by atoms with Crippen LogP contribution in [-0.2, 0) is 6.54 Å². The van der Waals surface area contributed by atoms with E-state index in [9.17, 15) is 4.79 Å². The normalized spacial score (nSPS) is 11.4. The van der Waals surface area contributed by atoms with E-state index >= 15 is 0 Å². The maximum Gasteiger partial charge on any atom is 0.262 e. The molecule has 2 heterocycles. The van der Waals surface area contributed by atoms with E-state index in [-0.39, 0.29) is 5.56 Å². The number of rotatable bonds is 4. The van der Waals surface area contributed by atoms with Gasteiger partial charge in [0.15, 0.2) is 0 Å². The van der Waals surface area contributed by atoms with Crippen LogP contribution in [0.2, 0.25) is 0 Å². The third-order valence-electron chi connectivity index (χ3n) is 3.43. The largest absolute Gasteiger partial charge is 0.277 e. The molecule has 0 amide bonds.